The highest BCUT2D eigenvalue weighted by atomic mass is 19.1. The average Bonchev–Trinajstić information content (AvgIpc) is 3.16. The summed E-state index contributed by atoms with van der Waals surface area (Å²) in [4.78, 5) is 61.3. The van der Waals surface area contributed by atoms with Crippen LogP contribution in [0.3, 0.4) is 0 Å². The van der Waals surface area contributed by atoms with Crippen molar-refractivity contribution in [3.05, 3.63) is 105 Å². The smallest absolute Gasteiger partial charge is 0.410 e. The molecule has 3 N–H and O–H groups in total. The van der Waals surface area contributed by atoms with Gasteiger partial charge in [0, 0.05) is 75.6 Å². The fourth-order valence-electron chi connectivity index (χ4n) is 6.49. The molecule has 0 radical (unpaired) electrons. The number of hydrogen-bond donors (Lipinski definition) is 2. The van der Waals surface area contributed by atoms with Crippen molar-refractivity contribution >= 4 is 23.5 Å². The second kappa shape index (κ2) is 16.6. The molecular weight excluding hydrogens is 740 g/mol. The summed E-state index contributed by atoms with van der Waals surface area (Å²) < 4.78 is 48.3. The molecule has 2 aliphatic rings. The van der Waals surface area contributed by atoms with Crippen LogP contribution >= 0.6 is 0 Å². The van der Waals surface area contributed by atoms with Crippen LogP contribution < -0.4 is 27.0 Å². The van der Waals surface area contributed by atoms with Crippen LogP contribution in [-0.2, 0) is 9.47 Å². The fraction of sp³-hybridized carbons (Fsp3) is 0.390. The molecule has 300 valence electrons. The summed E-state index contributed by atoms with van der Waals surface area (Å²) in [5.41, 5.74) is 3.30. The molecule has 0 aliphatic carbocycles. The van der Waals surface area contributed by atoms with Gasteiger partial charge in [-0.2, -0.15) is 0 Å². The zero-order valence-electron chi connectivity index (χ0n) is 32.4. The highest BCUT2D eigenvalue weighted by molar-refractivity contribution is 6.03. The maximum Gasteiger partial charge on any atom is 0.410 e. The lowest BCUT2D eigenvalue weighted by Crippen LogP contribution is -2.55. The molecule has 2 aromatic heterocycles. The van der Waals surface area contributed by atoms with Gasteiger partial charge in [-0.1, -0.05) is 11.8 Å². The first kappa shape index (κ1) is 40.6. The summed E-state index contributed by atoms with van der Waals surface area (Å²) in [6.07, 6.45) is 3.18. The Bertz CT molecular complexity index is 2330. The van der Waals surface area contributed by atoms with Crippen LogP contribution in [-0.4, -0.2) is 86.5 Å². The van der Waals surface area contributed by atoms with Crippen LogP contribution in [0.1, 0.15) is 69.4 Å². The van der Waals surface area contributed by atoms with E-state index in [4.69, 9.17) is 19.9 Å². The van der Waals surface area contributed by atoms with Gasteiger partial charge in [0.2, 0.25) is 0 Å². The Balaban J connectivity index is 1.20. The summed E-state index contributed by atoms with van der Waals surface area (Å²) in [6.45, 7) is 12.2. The quantitative estimate of drug-likeness (QED) is 0.234. The zero-order valence-corrected chi connectivity index (χ0v) is 32.4. The minimum atomic E-state index is -0.928. The van der Waals surface area contributed by atoms with E-state index in [2.05, 4.69) is 27.0 Å². The molecule has 2 fully saturated rings. The monoisotopic (exact) mass is 785 g/mol. The lowest BCUT2D eigenvalue weighted by molar-refractivity contribution is 0.00781. The van der Waals surface area contributed by atoms with E-state index >= 15 is 4.39 Å². The molecule has 4 heterocycles. The Morgan fingerprint density at radius 1 is 0.947 bits per heavy atom. The van der Waals surface area contributed by atoms with Gasteiger partial charge in [0.05, 0.1) is 11.2 Å². The number of nitrogen functional groups attached to an aromatic ring is 1. The van der Waals surface area contributed by atoms with Crippen molar-refractivity contribution < 1.29 is 32.6 Å². The summed E-state index contributed by atoms with van der Waals surface area (Å²) in [5, 5.41) is 2.54. The number of nitrogens with zero attached hydrogens (tertiary/aromatic N) is 5. The van der Waals surface area contributed by atoms with Gasteiger partial charge in [-0.05, 0) is 83.9 Å². The van der Waals surface area contributed by atoms with Crippen molar-refractivity contribution in [3.63, 3.8) is 0 Å². The molecule has 0 saturated carbocycles. The molecule has 6 rings (SSSR count). The Morgan fingerprint density at radius 3 is 2.28 bits per heavy atom. The topological polar surface area (TPSA) is 163 Å². The van der Waals surface area contributed by atoms with E-state index < -0.39 is 39.9 Å². The minimum absolute atomic E-state index is 0.00386. The molecule has 4 aromatic rings. The maximum absolute atomic E-state index is 15.6. The number of anilines is 2. The predicted octanol–water partition coefficient (Wildman–Crippen LogP) is 5.33. The van der Waals surface area contributed by atoms with Crippen LogP contribution in [0, 0.1) is 23.5 Å². The molecule has 2 aromatic carbocycles. The van der Waals surface area contributed by atoms with Crippen LogP contribution in [0.4, 0.5) is 25.1 Å². The normalized spacial score (nSPS) is 15.4. The maximum atomic E-state index is 15.6. The van der Waals surface area contributed by atoms with Gasteiger partial charge >= 0.3 is 11.8 Å². The van der Waals surface area contributed by atoms with Crippen molar-refractivity contribution in [3.8, 4) is 29.0 Å². The van der Waals surface area contributed by atoms with E-state index in [0.717, 1.165) is 22.8 Å². The van der Waals surface area contributed by atoms with E-state index in [1.54, 1.807) is 4.90 Å². The highest BCUT2D eigenvalue weighted by Crippen LogP contribution is 2.31. The third-order valence-electron chi connectivity index (χ3n) is 9.59. The SMILES string of the molecule is CC(C)(C)OC(=O)N1CCN(C(C)(C)C#Cc2c(Oc3ccc(NC(=O)c4cn(C5CCOCC5)c(=O)n(-c5ccc(F)cc5)c4=O)cc3F)ccnc2N)CC1. The van der Waals surface area contributed by atoms with E-state index in [9.17, 15) is 23.6 Å². The molecule has 16 heteroatoms. The lowest BCUT2D eigenvalue weighted by atomic mass is 10.0. The number of nitrogens with one attached hydrogen (secondary N) is 1. The number of piperazine rings is 1. The predicted molar refractivity (Wildman–Crippen MR) is 209 cm³/mol. The van der Waals surface area contributed by atoms with Gasteiger partial charge in [0.15, 0.2) is 11.6 Å². The van der Waals surface area contributed by atoms with Gasteiger partial charge < -0.3 is 30.2 Å². The largest absolute Gasteiger partial charge is 0.453 e. The van der Waals surface area contributed by atoms with Gasteiger partial charge in [-0.25, -0.2) is 27.9 Å². The first-order valence-electron chi connectivity index (χ1n) is 18.5. The summed E-state index contributed by atoms with van der Waals surface area (Å²) in [6, 6.07) is 9.61. The van der Waals surface area contributed by atoms with Crippen LogP contribution in [0.5, 0.6) is 11.5 Å². The molecule has 14 nitrogen and oxygen atoms in total. The Labute approximate surface area is 328 Å². The van der Waals surface area contributed by atoms with E-state index in [-0.39, 0.29) is 52.0 Å². The van der Waals surface area contributed by atoms with Gasteiger partial charge in [0.25, 0.3) is 11.5 Å². The number of halogens is 2. The second-order valence-corrected chi connectivity index (χ2v) is 15.2. The second-order valence-electron chi connectivity index (χ2n) is 15.2. The Kier molecular flexibility index (Phi) is 11.8. The number of carbonyl (C=O) groups is 2. The van der Waals surface area contributed by atoms with Crippen LogP contribution in [0.15, 0.2) is 70.5 Å². The molecular formula is C41H45F2N7O7. The summed E-state index contributed by atoms with van der Waals surface area (Å²) in [7, 11) is 0. The molecule has 2 saturated heterocycles. The van der Waals surface area contributed by atoms with Crippen molar-refractivity contribution in [1.29, 1.82) is 0 Å². The van der Waals surface area contributed by atoms with Gasteiger partial charge in [-0.3, -0.25) is 19.1 Å². The number of amides is 2. The number of aromatic nitrogens is 3. The number of nitrogens with two attached hydrogens (primary N) is 1. The standard InChI is InChI=1S/C41H45F2N7O7/c1-40(2,3)57-39(54)47-18-20-48(21-19-47)41(4,5)16-12-30-33(13-17-45-35(30)44)56-34-11-8-27(24-32(34)43)46-36(51)31-25-49(28-14-22-55-23-15-28)38(53)50(37(31)52)29-9-6-26(42)7-10-29/h6-11,13,17,24-25,28H,14-15,18-23H2,1-5H3,(H2,44,45)(H,46,51). The van der Waals surface area contributed by atoms with E-state index in [1.165, 1.54) is 47.3 Å². The van der Waals surface area contributed by atoms with Gasteiger partial charge in [-0.15, -0.1) is 0 Å². The number of pyridine rings is 1. The molecule has 2 aliphatic heterocycles. The Morgan fingerprint density at radius 2 is 1.63 bits per heavy atom. The fourth-order valence-corrected chi connectivity index (χ4v) is 6.49. The van der Waals surface area contributed by atoms with Crippen molar-refractivity contribution in [2.75, 3.05) is 50.4 Å². The van der Waals surface area contributed by atoms with Crippen molar-refractivity contribution in [1.82, 2.24) is 23.9 Å². The third kappa shape index (κ3) is 9.50. The van der Waals surface area contributed by atoms with Crippen LogP contribution in [0.2, 0.25) is 0 Å². The molecule has 0 spiro atoms. The van der Waals surface area contributed by atoms with E-state index in [1.807, 2.05) is 34.6 Å². The molecule has 2 amide bonds. The first-order chi connectivity index (χ1) is 27.0. The number of carbonyl (C=O) groups excluding carboxylic acids is 2. The Hall–Kier alpha value is -6.05. The molecule has 0 unspecified atom stereocenters. The summed E-state index contributed by atoms with van der Waals surface area (Å²) >= 11 is 0. The highest BCUT2D eigenvalue weighted by Gasteiger charge is 2.32. The summed E-state index contributed by atoms with van der Waals surface area (Å²) in [5.74, 6) is 4.01. The number of rotatable bonds is 7. The lowest BCUT2D eigenvalue weighted by Gasteiger charge is -2.41. The first-order valence-corrected chi connectivity index (χ1v) is 18.5. The molecule has 0 bridgehead atoms. The minimum Gasteiger partial charge on any atom is -0.453 e. The molecule has 0 atom stereocenters. The zero-order chi connectivity index (χ0) is 41.1. The van der Waals surface area contributed by atoms with Crippen LogP contribution in [0.25, 0.3) is 5.69 Å². The average molecular weight is 786 g/mol. The number of benzene rings is 2. The van der Waals surface area contributed by atoms with Crippen molar-refractivity contribution in [2.24, 2.45) is 0 Å². The molecule has 57 heavy (non-hydrogen) atoms. The van der Waals surface area contributed by atoms with E-state index in [0.29, 0.717) is 52.2 Å². The van der Waals surface area contributed by atoms with Crippen molar-refractivity contribution in [2.45, 2.75) is 64.6 Å². The number of hydrogen-bond acceptors (Lipinski definition) is 10. The number of ether oxygens (including phenoxy) is 3. The third-order valence-corrected chi connectivity index (χ3v) is 9.59. The van der Waals surface area contributed by atoms with Gasteiger partial charge in [0.1, 0.15) is 34.1 Å².